The summed E-state index contributed by atoms with van der Waals surface area (Å²) in [5.41, 5.74) is 5.34. The zero-order chi connectivity index (χ0) is 18.2. The van der Waals surface area contributed by atoms with Gasteiger partial charge in [0.05, 0.1) is 9.92 Å². The van der Waals surface area contributed by atoms with Crippen molar-refractivity contribution in [3.05, 3.63) is 28.6 Å². The number of carbonyl (C=O) groups excluding carboxylic acids is 1. The number of anilines is 2. The highest BCUT2D eigenvalue weighted by atomic mass is 32.2. The van der Waals surface area contributed by atoms with E-state index in [-0.39, 0.29) is 5.91 Å². The number of rotatable bonds is 8. The fourth-order valence-corrected chi connectivity index (χ4v) is 3.93. The normalized spacial score (nSPS) is 13.8. The van der Waals surface area contributed by atoms with Gasteiger partial charge in [0.2, 0.25) is 5.91 Å². The second kappa shape index (κ2) is 9.57. The highest BCUT2D eigenvalue weighted by Gasteiger charge is 2.14. The zero-order valence-corrected chi connectivity index (χ0v) is 16.6. The van der Waals surface area contributed by atoms with E-state index in [4.69, 9.17) is 0 Å². The lowest BCUT2D eigenvalue weighted by Gasteiger charge is -2.22. The van der Waals surface area contributed by atoms with Gasteiger partial charge in [-0.25, -0.2) is 0 Å². The number of hydrazine groups is 1. The maximum atomic E-state index is 11.5. The maximum Gasteiger partial charge on any atom is 0.221 e. The monoisotopic (exact) mass is 380 g/mol. The predicted octanol–water partition coefficient (Wildman–Crippen LogP) is 4.51. The van der Waals surface area contributed by atoms with Crippen LogP contribution in [-0.4, -0.2) is 29.3 Å². The third kappa shape index (κ3) is 5.57. The van der Waals surface area contributed by atoms with Crippen LogP contribution in [0.25, 0.3) is 0 Å². The van der Waals surface area contributed by atoms with E-state index >= 15 is 0 Å². The molecule has 136 valence electrons. The van der Waals surface area contributed by atoms with Crippen molar-refractivity contribution in [3.63, 3.8) is 0 Å². The SMILES string of the molecule is CCSC1=CNN(N=Nc2ccc(N(CC)CC)cc2NC(C)=O)S1. The van der Waals surface area contributed by atoms with Gasteiger partial charge in [-0.1, -0.05) is 6.92 Å². The quantitative estimate of drug-likeness (QED) is 0.511. The standard InChI is InChI=1S/C16H24N6OS2/c1-5-21(6-2)13-8-9-14(15(10-13)18-12(4)23)19-20-22-17-11-16(25-22)24-7-3/h8-11,17H,5-7H2,1-4H3,(H,18,23). The first-order chi connectivity index (χ1) is 12.1. The molecule has 1 aliphatic heterocycles. The van der Waals surface area contributed by atoms with Crippen LogP contribution in [0.15, 0.2) is 39.0 Å². The fraction of sp³-hybridized carbons (Fsp3) is 0.438. The third-order valence-electron chi connectivity index (χ3n) is 3.41. The van der Waals surface area contributed by atoms with Crippen LogP contribution >= 0.6 is 23.7 Å². The van der Waals surface area contributed by atoms with Crippen LogP contribution in [0.2, 0.25) is 0 Å². The van der Waals surface area contributed by atoms with Crippen LogP contribution in [0.3, 0.4) is 0 Å². The molecule has 7 nitrogen and oxygen atoms in total. The van der Waals surface area contributed by atoms with Gasteiger partial charge in [0.1, 0.15) is 5.69 Å². The molecule has 0 fully saturated rings. The van der Waals surface area contributed by atoms with Gasteiger partial charge >= 0.3 is 0 Å². The number of nitrogens with one attached hydrogen (secondary N) is 2. The zero-order valence-electron chi connectivity index (χ0n) is 14.9. The highest BCUT2D eigenvalue weighted by Crippen LogP contribution is 2.35. The van der Waals surface area contributed by atoms with Gasteiger partial charge in [-0.2, -0.15) is 0 Å². The van der Waals surface area contributed by atoms with Crippen molar-refractivity contribution in [1.82, 2.24) is 9.95 Å². The van der Waals surface area contributed by atoms with Crippen LogP contribution in [0.1, 0.15) is 27.7 Å². The molecule has 0 unspecified atom stereocenters. The first kappa shape index (κ1) is 19.5. The molecule has 1 aromatic rings. The largest absolute Gasteiger partial charge is 0.372 e. The lowest BCUT2D eigenvalue weighted by molar-refractivity contribution is -0.114. The van der Waals surface area contributed by atoms with Crippen molar-refractivity contribution in [3.8, 4) is 0 Å². The first-order valence-corrected chi connectivity index (χ1v) is 9.98. The van der Waals surface area contributed by atoms with E-state index in [0.717, 1.165) is 28.8 Å². The molecule has 2 rings (SSSR count). The van der Waals surface area contributed by atoms with Crippen molar-refractivity contribution in [2.24, 2.45) is 10.3 Å². The summed E-state index contributed by atoms with van der Waals surface area (Å²) in [5, 5.41) is 11.3. The number of thioether (sulfide) groups is 1. The molecule has 0 saturated carbocycles. The summed E-state index contributed by atoms with van der Waals surface area (Å²) in [5.74, 6) is 0.871. The number of nitrogens with zero attached hydrogens (tertiary/aromatic N) is 4. The van der Waals surface area contributed by atoms with Crippen LogP contribution in [-0.2, 0) is 4.79 Å². The van der Waals surface area contributed by atoms with Gasteiger partial charge in [-0.3, -0.25) is 10.2 Å². The van der Waals surface area contributed by atoms with Crippen LogP contribution < -0.4 is 15.6 Å². The molecule has 0 atom stereocenters. The average molecular weight is 381 g/mol. The Morgan fingerprint density at radius 1 is 1.36 bits per heavy atom. The Bertz CT molecular complexity index is 660. The molecule has 0 spiro atoms. The van der Waals surface area contributed by atoms with Crippen LogP contribution in [0.4, 0.5) is 17.1 Å². The summed E-state index contributed by atoms with van der Waals surface area (Å²) in [6, 6.07) is 5.80. The number of hydrogen-bond donors (Lipinski definition) is 2. The Morgan fingerprint density at radius 2 is 2.12 bits per heavy atom. The minimum Gasteiger partial charge on any atom is -0.372 e. The maximum absolute atomic E-state index is 11.5. The Labute approximate surface area is 157 Å². The number of hydrogen-bond acceptors (Lipinski definition) is 7. The second-order valence-corrected chi connectivity index (χ2v) is 7.67. The molecule has 0 aliphatic carbocycles. The van der Waals surface area contributed by atoms with Crippen molar-refractivity contribution in [2.45, 2.75) is 27.7 Å². The Balaban J connectivity index is 2.16. The molecular weight excluding hydrogens is 356 g/mol. The van der Waals surface area contributed by atoms with E-state index in [1.54, 1.807) is 16.3 Å². The van der Waals surface area contributed by atoms with Gasteiger partial charge in [-0.15, -0.1) is 21.4 Å². The van der Waals surface area contributed by atoms with Crippen LogP contribution in [0, 0.1) is 0 Å². The van der Waals surface area contributed by atoms with E-state index in [9.17, 15) is 4.79 Å². The predicted molar refractivity (Wildman–Crippen MR) is 108 cm³/mol. The Hall–Kier alpha value is -1.87. The molecule has 25 heavy (non-hydrogen) atoms. The minimum absolute atomic E-state index is 0.134. The summed E-state index contributed by atoms with van der Waals surface area (Å²) < 4.78 is 2.73. The van der Waals surface area contributed by atoms with E-state index < -0.39 is 0 Å². The molecule has 1 heterocycles. The molecule has 0 aromatic heterocycles. The van der Waals surface area contributed by atoms with E-state index in [1.165, 1.54) is 18.9 Å². The topological polar surface area (TPSA) is 72.3 Å². The summed E-state index contributed by atoms with van der Waals surface area (Å²) in [6.07, 6.45) is 1.90. The lowest BCUT2D eigenvalue weighted by atomic mass is 10.2. The molecule has 2 N–H and O–H groups in total. The molecule has 0 radical (unpaired) electrons. The molecule has 1 aromatic carbocycles. The number of amides is 1. The molecule has 0 saturated heterocycles. The van der Waals surface area contributed by atoms with Crippen LogP contribution in [0.5, 0.6) is 0 Å². The van der Waals surface area contributed by atoms with Crippen molar-refractivity contribution >= 4 is 46.7 Å². The van der Waals surface area contributed by atoms with E-state index in [0.29, 0.717) is 11.4 Å². The first-order valence-electron chi connectivity index (χ1n) is 8.22. The minimum atomic E-state index is -0.134. The van der Waals surface area contributed by atoms with Gasteiger partial charge in [0.25, 0.3) is 0 Å². The summed E-state index contributed by atoms with van der Waals surface area (Å²) in [7, 11) is 0. The molecule has 1 aliphatic rings. The lowest BCUT2D eigenvalue weighted by Crippen LogP contribution is -2.22. The van der Waals surface area contributed by atoms with E-state index in [1.807, 2.05) is 24.4 Å². The Kier molecular flexibility index (Phi) is 7.45. The van der Waals surface area contributed by atoms with Crippen molar-refractivity contribution < 1.29 is 4.79 Å². The van der Waals surface area contributed by atoms with Crippen molar-refractivity contribution in [1.29, 1.82) is 0 Å². The molecule has 1 amide bonds. The summed E-state index contributed by atoms with van der Waals surface area (Å²) >= 11 is 3.22. The molecule has 0 bridgehead atoms. The van der Waals surface area contributed by atoms with Gasteiger partial charge in [0.15, 0.2) is 0 Å². The summed E-state index contributed by atoms with van der Waals surface area (Å²) in [4.78, 5) is 13.7. The Morgan fingerprint density at radius 3 is 2.76 bits per heavy atom. The molecular formula is C16H24N6OS2. The molecule has 9 heteroatoms. The second-order valence-electron chi connectivity index (χ2n) is 5.13. The van der Waals surface area contributed by atoms with Gasteiger partial charge < -0.3 is 10.2 Å². The third-order valence-corrected chi connectivity index (χ3v) is 5.33. The summed E-state index contributed by atoms with van der Waals surface area (Å²) in [6.45, 7) is 9.59. The highest BCUT2D eigenvalue weighted by molar-refractivity contribution is 8.21. The van der Waals surface area contributed by atoms with Gasteiger partial charge in [0, 0.05) is 43.8 Å². The average Bonchev–Trinajstić information content (AvgIpc) is 3.02. The smallest absolute Gasteiger partial charge is 0.221 e. The number of carbonyl (C=O) groups is 1. The number of benzene rings is 1. The fourth-order valence-electron chi connectivity index (χ4n) is 2.28. The van der Waals surface area contributed by atoms with Gasteiger partial charge in [-0.05, 0) is 43.0 Å². The van der Waals surface area contributed by atoms with E-state index in [2.05, 4.69) is 46.8 Å². The van der Waals surface area contributed by atoms with Crippen molar-refractivity contribution in [2.75, 3.05) is 29.1 Å².